The Labute approximate surface area is 123 Å². The van der Waals surface area contributed by atoms with Crippen molar-refractivity contribution in [2.75, 3.05) is 5.32 Å². The van der Waals surface area contributed by atoms with E-state index >= 15 is 0 Å². The Morgan fingerprint density at radius 3 is 2.57 bits per heavy atom. The van der Waals surface area contributed by atoms with Crippen LogP contribution in [0.3, 0.4) is 0 Å². The predicted octanol–water partition coefficient (Wildman–Crippen LogP) is 3.85. The van der Waals surface area contributed by atoms with Crippen LogP contribution in [0.2, 0.25) is 0 Å². The average Bonchev–Trinajstić information content (AvgIpc) is 2.46. The predicted molar refractivity (Wildman–Crippen MR) is 81.0 cm³/mol. The molecule has 4 heteroatoms. The number of hydrogen-bond donors (Lipinski definition) is 1. The first-order chi connectivity index (χ1) is 9.99. The summed E-state index contributed by atoms with van der Waals surface area (Å²) in [7, 11) is 0. The number of hydrogen-bond acceptors (Lipinski definition) is 2. The number of aryl methyl sites for hydroxylation is 1. The van der Waals surface area contributed by atoms with Gasteiger partial charge in [-0.2, -0.15) is 0 Å². The zero-order valence-corrected chi connectivity index (χ0v) is 12.3. The SMILES string of the molecule is Cc1cccc(O[C@@H](C)C(=O)Nc2ccccc2F)c1C. The van der Waals surface area contributed by atoms with E-state index in [1.165, 1.54) is 12.1 Å². The molecule has 0 spiro atoms. The maximum atomic E-state index is 13.5. The molecule has 0 unspecified atom stereocenters. The first kappa shape index (κ1) is 15.0. The number of para-hydroxylation sites is 1. The minimum atomic E-state index is -0.717. The van der Waals surface area contributed by atoms with Crippen molar-refractivity contribution in [3.05, 3.63) is 59.4 Å². The van der Waals surface area contributed by atoms with Gasteiger partial charge in [0.05, 0.1) is 5.69 Å². The average molecular weight is 287 g/mol. The van der Waals surface area contributed by atoms with E-state index in [-0.39, 0.29) is 11.6 Å². The Morgan fingerprint density at radius 1 is 1.14 bits per heavy atom. The quantitative estimate of drug-likeness (QED) is 0.927. The highest BCUT2D eigenvalue weighted by molar-refractivity contribution is 5.94. The number of nitrogens with one attached hydrogen (secondary N) is 1. The standard InChI is InChI=1S/C17H18FNO2/c1-11-7-6-10-16(12(11)2)21-13(3)17(20)19-15-9-5-4-8-14(15)18/h4-10,13H,1-3H3,(H,19,20)/t13-/m0/s1. The monoisotopic (exact) mass is 287 g/mol. The van der Waals surface area contributed by atoms with Crippen molar-refractivity contribution in [2.24, 2.45) is 0 Å². The summed E-state index contributed by atoms with van der Waals surface area (Å²) in [4.78, 5) is 12.1. The van der Waals surface area contributed by atoms with Crippen LogP contribution in [0, 0.1) is 19.7 Å². The second kappa shape index (κ2) is 6.39. The van der Waals surface area contributed by atoms with Crippen LogP contribution in [-0.2, 0) is 4.79 Å². The van der Waals surface area contributed by atoms with Crippen molar-refractivity contribution in [1.82, 2.24) is 0 Å². The first-order valence-electron chi connectivity index (χ1n) is 6.77. The van der Waals surface area contributed by atoms with Crippen LogP contribution < -0.4 is 10.1 Å². The lowest BCUT2D eigenvalue weighted by Gasteiger charge is -2.17. The third-order valence-electron chi connectivity index (χ3n) is 3.36. The van der Waals surface area contributed by atoms with Crippen LogP contribution in [0.4, 0.5) is 10.1 Å². The molecule has 0 radical (unpaired) electrons. The number of amides is 1. The Bertz CT molecular complexity index is 655. The number of benzene rings is 2. The summed E-state index contributed by atoms with van der Waals surface area (Å²) in [5.41, 5.74) is 2.23. The van der Waals surface area contributed by atoms with Crippen molar-refractivity contribution in [3.8, 4) is 5.75 Å². The van der Waals surface area contributed by atoms with Gasteiger partial charge in [0, 0.05) is 0 Å². The van der Waals surface area contributed by atoms with Gasteiger partial charge in [0.2, 0.25) is 0 Å². The summed E-state index contributed by atoms with van der Waals surface area (Å²) in [6.45, 7) is 5.55. The highest BCUT2D eigenvalue weighted by Crippen LogP contribution is 2.22. The van der Waals surface area contributed by atoms with Gasteiger partial charge in [0.25, 0.3) is 5.91 Å². The summed E-state index contributed by atoms with van der Waals surface area (Å²) in [6, 6.07) is 11.7. The van der Waals surface area contributed by atoms with E-state index in [9.17, 15) is 9.18 Å². The van der Waals surface area contributed by atoms with Crippen molar-refractivity contribution in [2.45, 2.75) is 26.9 Å². The van der Waals surface area contributed by atoms with Crippen molar-refractivity contribution < 1.29 is 13.9 Å². The Hall–Kier alpha value is -2.36. The van der Waals surface area contributed by atoms with Crippen LogP contribution in [0.1, 0.15) is 18.1 Å². The van der Waals surface area contributed by atoms with Gasteiger partial charge in [-0.05, 0) is 50.1 Å². The van der Waals surface area contributed by atoms with Gasteiger partial charge < -0.3 is 10.1 Å². The fourth-order valence-corrected chi connectivity index (χ4v) is 1.89. The van der Waals surface area contributed by atoms with Gasteiger partial charge in [0.1, 0.15) is 11.6 Å². The summed E-state index contributed by atoms with van der Waals surface area (Å²) in [5.74, 6) is -0.197. The molecule has 0 aliphatic rings. The number of halogens is 1. The van der Waals surface area contributed by atoms with E-state index in [2.05, 4.69) is 5.32 Å². The molecule has 0 aliphatic carbocycles. The lowest BCUT2D eigenvalue weighted by molar-refractivity contribution is -0.122. The van der Waals surface area contributed by atoms with Crippen LogP contribution in [0.15, 0.2) is 42.5 Å². The zero-order chi connectivity index (χ0) is 15.4. The molecule has 2 aromatic rings. The molecule has 0 saturated heterocycles. The normalized spacial score (nSPS) is 11.8. The maximum Gasteiger partial charge on any atom is 0.265 e. The van der Waals surface area contributed by atoms with Gasteiger partial charge >= 0.3 is 0 Å². The Kier molecular flexibility index (Phi) is 4.58. The number of ether oxygens (including phenoxy) is 1. The minimum absolute atomic E-state index is 0.152. The largest absolute Gasteiger partial charge is 0.481 e. The van der Waals surface area contributed by atoms with E-state index in [0.717, 1.165) is 11.1 Å². The number of anilines is 1. The molecule has 2 rings (SSSR count). The lowest BCUT2D eigenvalue weighted by Crippen LogP contribution is -2.30. The number of carbonyl (C=O) groups is 1. The number of carbonyl (C=O) groups excluding carboxylic acids is 1. The highest BCUT2D eigenvalue weighted by atomic mass is 19.1. The molecule has 110 valence electrons. The Morgan fingerprint density at radius 2 is 1.86 bits per heavy atom. The van der Waals surface area contributed by atoms with Crippen LogP contribution in [0.25, 0.3) is 0 Å². The summed E-state index contributed by atoms with van der Waals surface area (Å²) < 4.78 is 19.2. The van der Waals surface area contributed by atoms with E-state index in [0.29, 0.717) is 5.75 Å². The van der Waals surface area contributed by atoms with Crippen LogP contribution in [-0.4, -0.2) is 12.0 Å². The van der Waals surface area contributed by atoms with Crippen LogP contribution >= 0.6 is 0 Å². The molecule has 3 nitrogen and oxygen atoms in total. The second-order valence-electron chi connectivity index (χ2n) is 4.93. The minimum Gasteiger partial charge on any atom is -0.481 e. The van der Waals surface area contributed by atoms with Gasteiger partial charge in [-0.15, -0.1) is 0 Å². The van der Waals surface area contributed by atoms with Crippen molar-refractivity contribution in [3.63, 3.8) is 0 Å². The van der Waals surface area contributed by atoms with Gasteiger partial charge in [-0.25, -0.2) is 4.39 Å². The molecule has 0 fully saturated rings. The molecule has 0 bridgehead atoms. The first-order valence-corrected chi connectivity index (χ1v) is 6.77. The summed E-state index contributed by atoms with van der Waals surface area (Å²) in [5, 5.41) is 2.53. The van der Waals surface area contributed by atoms with Gasteiger partial charge in [0.15, 0.2) is 6.10 Å². The van der Waals surface area contributed by atoms with Gasteiger partial charge in [-0.3, -0.25) is 4.79 Å². The lowest BCUT2D eigenvalue weighted by atomic mass is 10.1. The Balaban J connectivity index is 2.06. The molecule has 1 amide bonds. The molecule has 2 aromatic carbocycles. The second-order valence-corrected chi connectivity index (χ2v) is 4.93. The molecule has 1 atom stereocenters. The number of rotatable bonds is 4. The topological polar surface area (TPSA) is 38.3 Å². The van der Waals surface area contributed by atoms with Gasteiger partial charge in [-0.1, -0.05) is 24.3 Å². The molecule has 1 N–H and O–H groups in total. The molecular formula is C17H18FNO2. The molecule has 0 heterocycles. The van der Waals surface area contributed by atoms with E-state index < -0.39 is 11.9 Å². The third kappa shape index (κ3) is 3.60. The van der Waals surface area contributed by atoms with Crippen molar-refractivity contribution in [1.29, 1.82) is 0 Å². The van der Waals surface area contributed by atoms with E-state index in [1.807, 2.05) is 32.0 Å². The fraction of sp³-hybridized carbons (Fsp3) is 0.235. The molecule has 0 aliphatic heterocycles. The van der Waals surface area contributed by atoms with E-state index in [1.54, 1.807) is 19.1 Å². The fourth-order valence-electron chi connectivity index (χ4n) is 1.89. The third-order valence-corrected chi connectivity index (χ3v) is 3.36. The smallest absolute Gasteiger partial charge is 0.265 e. The summed E-state index contributed by atoms with van der Waals surface area (Å²) in [6.07, 6.45) is -0.717. The van der Waals surface area contributed by atoms with Crippen molar-refractivity contribution >= 4 is 11.6 Å². The van der Waals surface area contributed by atoms with Crippen LogP contribution in [0.5, 0.6) is 5.75 Å². The molecular weight excluding hydrogens is 269 g/mol. The maximum absolute atomic E-state index is 13.5. The highest BCUT2D eigenvalue weighted by Gasteiger charge is 2.17. The summed E-state index contributed by atoms with van der Waals surface area (Å²) >= 11 is 0. The van der Waals surface area contributed by atoms with E-state index in [4.69, 9.17) is 4.74 Å². The molecule has 0 saturated carbocycles. The molecule has 21 heavy (non-hydrogen) atoms. The molecule has 0 aromatic heterocycles. The zero-order valence-electron chi connectivity index (χ0n) is 12.3.